The lowest BCUT2D eigenvalue weighted by Gasteiger charge is -1.96. The van der Waals surface area contributed by atoms with E-state index < -0.39 is 0 Å². The minimum atomic E-state index is 1.07. The minimum Gasteiger partial charge on any atom is -0.256 e. The van der Waals surface area contributed by atoms with Gasteiger partial charge < -0.3 is 0 Å². The smallest absolute Gasteiger partial charge is 0.139 e. The molecule has 2 rings (SSSR count). The molecule has 0 bridgehead atoms. The van der Waals surface area contributed by atoms with Crippen LogP contribution >= 0.6 is 0 Å². The molecule has 1 aromatic heterocycles. The summed E-state index contributed by atoms with van der Waals surface area (Å²) in [6.45, 7) is 0. The predicted molar refractivity (Wildman–Crippen MR) is 49.9 cm³/mol. The number of hydrogen-bond donors (Lipinski definition) is 0. The molecule has 52 valence electrons. The second-order valence-corrected chi connectivity index (χ2v) is 2.70. The van der Waals surface area contributed by atoms with Crippen LogP contribution in [0, 0.1) is 0 Å². The molecule has 0 saturated heterocycles. The van der Waals surface area contributed by atoms with Crippen molar-refractivity contribution >= 4 is 24.2 Å². The summed E-state index contributed by atoms with van der Waals surface area (Å²) >= 11 is 0. The Kier molecular flexibility index (Phi) is 1.39. The van der Waals surface area contributed by atoms with Crippen molar-refractivity contribution in [3.05, 3.63) is 36.5 Å². The van der Waals surface area contributed by atoms with Crippen LogP contribution < -0.4 is 5.46 Å². The first kappa shape index (κ1) is 6.41. The van der Waals surface area contributed by atoms with Crippen LogP contribution in [0.5, 0.6) is 0 Å². The Morgan fingerprint density at radius 2 is 2.09 bits per heavy atom. The summed E-state index contributed by atoms with van der Waals surface area (Å²) in [5, 5.41) is 1.22. The van der Waals surface area contributed by atoms with Gasteiger partial charge in [-0.15, -0.1) is 0 Å². The third-order valence-electron chi connectivity index (χ3n) is 1.76. The number of fused-ring (bicyclic) bond motifs is 1. The van der Waals surface area contributed by atoms with E-state index in [4.69, 9.17) is 0 Å². The summed E-state index contributed by atoms with van der Waals surface area (Å²) in [5.74, 6) is 0. The highest BCUT2D eigenvalue weighted by Gasteiger charge is 1.90. The van der Waals surface area contributed by atoms with Crippen LogP contribution in [0.15, 0.2) is 36.5 Å². The summed E-state index contributed by atoms with van der Waals surface area (Å²) in [6, 6.07) is 10.3. The lowest BCUT2D eigenvalue weighted by Crippen LogP contribution is -1.99. The van der Waals surface area contributed by atoms with Crippen LogP contribution in [-0.4, -0.2) is 12.8 Å². The molecule has 1 aromatic carbocycles. The van der Waals surface area contributed by atoms with E-state index in [9.17, 15) is 0 Å². The fourth-order valence-electron chi connectivity index (χ4n) is 1.20. The Labute approximate surface area is 66.5 Å². The maximum atomic E-state index is 4.22. The highest BCUT2D eigenvalue weighted by Crippen LogP contribution is 2.06. The zero-order valence-electron chi connectivity index (χ0n) is 6.41. The van der Waals surface area contributed by atoms with Crippen molar-refractivity contribution in [2.24, 2.45) is 0 Å². The Bertz CT molecular complexity index is 384. The van der Waals surface area contributed by atoms with Crippen LogP contribution in [-0.2, 0) is 0 Å². The third-order valence-corrected chi connectivity index (χ3v) is 1.76. The lowest BCUT2D eigenvalue weighted by atomic mass is 9.95. The van der Waals surface area contributed by atoms with Crippen LogP contribution in [0.2, 0.25) is 0 Å². The second-order valence-electron chi connectivity index (χ2n) is 2.70. The topological polar surface area (TPSA) is 12.9 Å². The molecule has 0 aliphatic rings. The van der Waals surface area contributed by atoms with Crippen molar-refractivity contribution in [3.63, 3.8) is 0 Å². The quantitative estimate of drug-likeness (QED) is 0.486. The highest BCUT2D eigenvalue weighted by atomic mass is 14.6. The van der Waals surface area contributed by atoms with Crippen LogP contribution in [0.4, 0.5) is 0 Å². The van der Waals surface area contributed by atoms with Crippen molar-refractivity contribution in [2.45, 2.75) is 0 Å². The molecular weight excluding hydrogens is 133 g/mol. The molecule has 0 aliphatic heterocycles. The molecule has 0 atom stereocenters. The molecule has 0 unspecified atom stereocenters. The van der Waals surface area contributed by atoms with E-state index in [-0.39, 0.29) is 0 Å². The summed E-state index contributed by atoms with van der Waals surface area (Å²) in [7, 11) is 2.09. The van der Waals surface area contributed by atoms with Crippen molar-refractivity contribution in [1.82, 2.24) is 4.98 Å². The van der Waals surface area contributed by atoms with Gasteiger partial charge in [-0.2, -0.15) is 0 Å². The molecule has 0 amide bonds. The number of nitrogens with zero attached hydrogens (tertiary/aromatic N) is 1. The maximum Gasteiger partial charge on any atom is 0.139 e. The SMILES string of the molecule is Bc1ccc2ncccc2c1. The van der Waals surface area contributed by atoms with Gasteiger partial charge in [0, 0.05) is 6.20 Å². The van der Waals surface area contributed by atoms with E-state index in [1.165, 1.54) is 10.8 Å². The Balaban J connectivity index is 2.83. The molecule has 2 heteroatoms. The molecule has 1 nitrogen and oxygen atoms in total. The molecule has 0 radical (unpaired) electrons. The van der Waals surface area contributed by atoms with E-state index in [1.54, 1.807) is 0 Å². The average molecular weight is 141 g/mol. The molecule has 2 aromatic rings. The summed E-state index contributed by atoms with van der Waals surface area (Å²) < 4.78 is 0. The fourth-order valence-corrected chi connectivity index (χ4v) is 1.20. The van der Waals surface area contributed by atoms with Gasteiger partial charge in [0.05, 0.1) is 5.52 Å². The Morgan fingerprint density at radius 3 is 3.00 bits per heavy atom. The minimum absolute atomic E-state index is 1.07. The molecule has 0 aliphatic carbocycles. The van der Waals surface area contributed by atoms with Crippen molar-refractivity contribution in [3.8, 4) is 0 Å². The normalized spacial score (nSPS) is 10.2. The van der Waals surface area contributed by atoms with Gasteiger partial charge >= 0.3 is 0 Å². The molecule has 0 spiro atoms. The van der Waals surface area contributed by atoms with Crippen molar-refractivity contribution in [1.29, 1.82) is 0 Å². The zero-order valence-corrected chi connectivity index (χ0v) is 6.41. The molecule has 0 fully saturated rings. The van der Waals surface area contributed by atoms with E-state index >= 15 is 0 Å². The van der Waals surface area contributed by atoms with Gasteiger partial charge in [-0.05, 0) is 17.5 Å². The molecule has 0 N–H and O–H groups in total. The average Bonchev–Trinajstić information content (AvgIpc) is 2.04. The predicted octanol–water partition coefficient (Wildman–Crippen LogP) is 0.493. The van der Waals surface area contributed by atoms with Gasteiger partial charge in [0.15, 0.2) is 0 Å². The fraction of sp³-hybridized carbons (Fsp3) is 0. The van der Waals surface area contributed by atoms with Crippen molar-refractivity contribution < 1.29 is 0 Å². The lowest BCUT2D eigenvalue weighted by molar-refractivity contribution is 1.42. The third kappa shape index (κ3) is 1.12. The number of rotatable bonds is 0. The van der Waals surface area contributed by atoms with Gasteiger partial charge in [0.25, 0.3) is 0 Å². The maximum absolute atomic E-state index is 4.22. The van der Waals surface area contributed by atoms with Gasteiger partial charge in [0.2, 0.25) is 0 Å². The summed E-state index contributed by atoms with van der Waals surface area (Å²) in [6.07, 6.45) is 1.82. The second kappa shape index (κ2) is 2.38. The van der Waals surface area contributed by atoms with Gasteiger partial charge in [0.1, 0.15) is 7.85 Å². The van der Waals surface area contributed by atoms with E-state index in [0.717, 1.165) is 5.52 Å². The number of hydrogen-bond acceptors (Lipinski definition) is 1. The van der Waals surface area contributed by atoms with E-state index in [2.05, 4.69) is 31.0 Å². The number of pyridine rings is 1. The summed E-state index contributed by atoms with van der Waals surface area (Å²) in [5.41, 5.74) is 2.35. The molecule has 11 heavy (non-hydrogen) atoms. The monoisotopic (exact) mass is 141 g/mol. The summed E-state index contributed by atoms with van der Waals surface area (Å²) in [4.78, 5) is 4.22. The van der Waals surface area contributed by atoms with Crippen LogP contribution in [0.3, 0.4) is 0 Å². The first-order valence-corrected chi connectivity index (χ1v) is 3.68. The molecule has 0 saturated carbocycles. The van der Waals surface area contributed by atoms with E-state index in [0.29, 0.717) is 0 Å². The van der Waals surface area contributed by atoms with Gasteiger partial charge in [-0.1, -0.05) is 23.7 Å². The molecular formula is C9H8BN. The largest absolute Gasteiger partial charge is 0.256 e. The first-order valence-electron chi connectivity index (χ1n) is 3.68. The van der Waals surface area contributed by atoms with Crippen molar-refractivity contribution in [2.75, 3.05) is 0 Å². The van der Waals surface area contributed by atoms with Crippen LogP contribution in [0.1, 0.15) is 0 Å². The zero-order chi connectivity index (χ0) is 7.68. The van der Waals surface area contributed by atoms with Gasteiger partial charge in [-0.25, -0.2) is 0 Å². The van der Waals surface area contributed by atoms with E-state index in [1.807, 2.05) is 18.3 Å². The number of aromatic nitrogens is 1. The van der Waals surface area contributed by atoms with Gasteiger partial charge in [-0.3, -0.25) is 4.98 Å². The first-order chi connectivity index (χ1) is 5.36. The standard InChI is InChI=1S/C9H8BN/c10-8-3-4-9-7(6-8)2-1-5-11-9/h1-6H,10H2. The number of benzene rings is 1. The highest BCUT2D eigenvalue weighted by molar-refractivity contribution is 6.33. The Hall–Kier alpha value is -1.31. The van der Waals surface area contributed by atoms with Crippen LogP contribution in [0.25, 0.3) is 10.9 Å². The molecule has 1 heterocycles. The Morgan fingerprint density at radius 1 is 1.18 bits per heavy atom.